The van der Waals surface area contributed by atoms with Gasteiger partial charge in [-0.05, 0) is 30.5 Å². The van der Waals surface area contributed by atoms with Gasteiger partial charge in [0.15, 0.2) is 5.78 Å². The van der Waals surface area contributed by atoms with E-state index in [-0.39, 0.29) is 11.7 Å². The van der Waals surface area contributed by atoms with Gasteiger partial charge in [0.25, 0.3) is 0 Å². The molecule has 1 aliphatic rings. The fraction of sp³-hybridized carbons (Fsp3) is 0.500. The number of carbonyl (C=O) groups is 1. The lowest BCUT2D eigenvalue weighted by molar-refractivity contribution is -0.131. The second-order valence-corrected chi connectivity index (χ2v) is 4.56. The van der Waals surface area contributed by atoms with Crippen molar-refractivity contribution in [2.45, 2.75) is 31.8 Å². The highest BCUT2D eigenvalue weighted by Crippen LogP contribution is 2.30. The van der Waals surface area contributed by atoms with Gasteiger partial charge in [0.2, 0.25) is 0 Å². The molecule has 17 heavy (non-hydrogen) atoms. The Morgan fingerprint density at radius 1 is 1.29 bits per heavy atom. The van der Waals surface area contributed by atoms with Crippen LogP contribution in [0.25, 0.3) is 0 Å². The molecule has 3 nitrogen and oxygen atoms in total. The van der Waals surface area contributed by atoms with Crippen molar-refractivity contribution in [3.63, 3.8) is 0 Å². The Kier molecular flexibility index (Phi) is 3.79. The molecule has 1 fully saturated rings. The van der Waals surface area contributed by atoms with E-state index in [0.717, 1.165) is 31.4 Å². The maximum absolute atomic E-state index is 12.0. The summed E-state index contributed by atoms with van der Waals surface area (Å²) in [5.41, 5.74) is 0.655. The molecule has 0 aromatic heterocycles. The van der Waals surface area contributed by atoms with Gasteiger partial charge in [0, 0.05) is 5.92 Å². The minimum Gasteiger partial charge on any atom is -0.497 e. The smallest absolute Gasteiger partial charge is 0.168 e. The highest BCUT2D eigenvalue weighted by molar-refractivity contribution is 5.86. The van der Waals surface area contributed by atoms with E-state index in [9.17, 15) is 9.90 Å². The monoisotopic (exact) mass is 234 g/mol. The average molecular weight is 234 g/mol. The van der Waals surface area contributed by atoms with Gasteiger partial charge in [-0.1, -0.05) is 25.0 Å². The summed E-state index contributed by atoms with van der Waals surface area (Å²) in [5.74, 6) is 0.744. The minimum atomic E-state index is -0.982. The van der Waals surface area contributed by atoms with Gasteiger partial charge in [-0.3, -0.25) is 4.79 Å². The molecule has 92 valence electrons. The molecular weight excluding hydrogens is 216 g/mol. The first-order valence-corrected chi connectivity index (χ1v) is 6.08. The number of ether oxygens (including phenoxy) is 1. The second-order valence-electron chi connectivity index (χ2n) is 4.56. The molecule has 1 N–H and O–H groups in total. The fourth-order valence-electron chi connectivity index (χ4n) is 2.38. The molecule has 0 spiro atoms. The largest absolute Gasteiger partial charge is 0.497 e. The molecule has 0 unspecified atom stereocenters. The lowest BCUT2D eigenvalue weighted by Crippen LogP contribution is -2.19. The van der Waals surface area contributed by atoms with Gasteiger partial charge >= 0.3 is 0 Å². The molecule has 0 saturated heterocycles. The van der Waals surface area contributed by atoms with Crippen LogP contribution in [0.5, 0.6) is 5.75 Å². The molecule has 0 radical (unpaired) electrons. The number of aliphatic hydroxyl groups excluding tert-OH is 1. The van der Waals surface area contributed by atoms with Gasteiger partial charge in [-0.25, -0.2) is 0 Å². The predicted molar refractivity (Wildman–Crippen MR) is 64.9 cm³/mol. The summed E-state index contributed by atoms with van der Waals surface area (Å²) < 4.78 is 5.04. The van der Waals surface area contributed by atoms with Gasteiger partial charge < -0.3 is 9.84 Å². The summed E-state index contributed by atoms with van der Waals surface area (Å²) in [4.78, 5) is 12.0. The fourth-order valence-corrected chi connectivity index (χ4v) is 2.38. The highest BCUT2D eigenvalue weighted by Gasteiger charge is 2.28. The van der Waals surface area contributed by atoms with Crippen LogP contribution in [0.1, 0.15) is 37.4 Å². The number of rotatable bonds is 4. The summed E-state index contributed by atoms with van der Waals surface area (Å²) in [7, 11) is 1.59. The quantitative estimate of drug-likeness (QED) is 0.870. The molecule has 0 heterocycles. The summed E-state index contributed by atoms with van der Waals surface area (Å²) >= 11 is 0. The molecule has 2 rings (SSSR count). The van der Waals surface area contributed by atoms with Crippen molar-refractivity contribution in [1.82, 2.24) is 0 Å². The molecular formula is C14H18O3. The second kappa shape index (κ2) is 5.32. The zero-order valence-electron chi connectivity index (χ0n) is 10.1. The molecule has 1 saturated carbocycles. The van der Waals surface area contributed by atoms with E-state index in [1.54, 1.807) is 31.4 Å². The molecule has 3 heteroatoms. The normalized spacial score (nSPS) is 18.0. The number of ketones is 1. The van der Waals surface area contributed by atoms with Crippen LogP contribution >= 0.6 is 0 Å². The van der Waals surface area contributed by atoms with Gasteiger partial charge in [-0.15, -0.1) is 0 Å². The number of hydrogen-bond acceptors (Lipinski definition) is 3. The van der Waals surface area contributed by atoms with Crippen LogP contribution in [0.3, 0.4) is 0 Å². The lowest BCUT2D eigenvalue weighted by Gasteiger charge is -2.14. The highest BCUT2D eigenvalue weighted by atomic mass is 16.5. The number of methoxy groups -OCH3 is 1. The first kappa shape index (κ1) is 12.1. The maximum Gasteiger partial charge on any atom is 0.168 e. The van der Waals surface area contributed by atoms with E-state index in [2.05, 4.69) is 0 Å². The zero-order valence-corrected chi connectivity index (χ0v) is 10.1. The standard InChI is InChI=1S/C14H18O3/c1-17-12-8-6-11(7-9-12)14(16)13(15)10-4-2-3-5-10/h6-10,14,16H,2-5H2,1H3/t14-/m0/s1. The lowest BCUT2D eigenvalue weighted by atomic mass is 9.94. The Balaban J connectivity index is 2.07. The molecule has 1 atom stereocenters. The van der Waals surface area contributed by atoms with Crippen molar-refractivity contribution in [2.75, 3.05) is 7.11 Å². The van der Waals surface area contributed by atoms with Crippen LogP contribution in [-0.4, -0.2) is 18.0 Å². The van der Waals surface area contributed by atoms with Crippen molar-refractivity contribution in [1.29, 1.82) is 0 Å². The SMILES string of the molecule is COc1ccc([C@H](O)C(=O)C2CCCC2)cc1. The Bertz CT molecular complexity index is 377. The first-order valence-electron chi connectivity index (χ1n) is 6.08. The topological polar surface area (TPSA) is 46.5 Å². The number of aliphatic hydroxyl groups is 1. The van der Waals surface area contributed by atoms with E-state index in [4.69, 9.17) is 4.74 Å². The minimum absolute atomic E-state index is 0.0346. The van der Waals surface area contributed by atoms with E-state index >= 15 is 0 Å². The van der Waals surface area contributed by atoms with Crippen molar-refractivity contribution < 1.29 is 14.6 Å². The van der Waals surface area contributed by atoms with Crippen molar-refractivity contribution >= 4 is 5.78 Å². The molecule has 0 bridgehead atoms. The molecule has 0 amide bonds. The van der Waals surface area contributed by atoms with Crippen molar-refractivity contribution in [3.05, 3.63) is 29.8 Å². The first-order chi connectivity index (χ1) is 8.22. The number of carbonyl (C=O) groups excluding carboxylic acids is 1. The third-order valence-electron chi connectivity index (χ3n) is 3.46. The average Bonchev–Trinajstić information content (AvgIpc) is 2.91. The summed E-state index contributed by atoms with van der Waals surface area (Å²) in [6.45, 7) is 0. The van der Waals surface area contributed by atoms with Gasteiger partial charge in [-0.2, -0.15) is 0 Å². The maximum atomic E-state index is 12.0. The van der Waals surface area contributed by atoms with Crippen molar-refractivity contribution in [2.24, 2.45) is 5.92 Å². The number of Topliss-reactive ketones (excluding diaryl/α,β-unsaturated/α-hetero) is 1. The van der Waals surface area contributed by atoms with E-state index in [1.165, 1.54) is 0 Å². The van der Waals surface area contributed by atoms with Crippen LogP contribution < -0.4 is 4.74 Å². The Morgan fingerprint density at radius 2 is 1.88 bits per heavy atom. The summed E-state index contributed by atoms with van der Waals surface area (Å²) in [6.07, 6.45) is 3.07. The number of hydrogen-bond donors (Lipinski definition) is 1. The van der Waals surface area contributed by atoms with Crippen molar-refractivity contribution in [3.8, 4) is 5.75 Å². The Hall–Kier alpha value is -1.35. The molecule has 1 aromatic rings. The summed E-state index contributed by atoms with van der Waals surface area (Å²) in [5, 5.41) is 10.0. The third-order valence-corrected chi connectivity index (χ3v) is 3.46. The zero-order chi connectivity index (χ0) is 12.3. The molecule has 0 aliphatic heterocycles. The van der Waals surface area contributed by atoms with E-state index in [0.29, 0.717) is 5.56 Å². The number of benzene rings is 1. The third kappa shape index (κ3) is 2.67. The van der Waals surface area contributed by atoms with E-state index < -0.39 is 6.10 Å². The van der Waals surface area contributed by atoms with Crippen LogP contribution in [0.15, 0.2) is 24.3 Å². The van der Waals surface area contributed by atoms with Crippen LogP contribution in [-0.2, 0) is 4.79 Å². The van der Waals surface area contributed by atoms with E-state index in [1.807, 2.05) is 0 Å². The summed E-state index contributed by atoms with van der Waals surface area (Å²) in [6, 6.07) is 7.02. The molecule has 1 aliphatic carbocycles. The molecule has 1 aromatic carbocycles. The van der Waals surface area contributed by atoms with Crippen LogP contribution in [0.2, 0.25) is 0 Å². The van der Waals surface area contributed by atoms with Gasteiger partial charge in [0.05, 0.1) is 7.11 Å². The predicted octanol–water partition coefficient (Wildman–Crippen LogP) is 2.49. The Labute approximate surface area is 101 Å². The van der Waals surface area contributed by atoms with Crippen LogP contribution in [0.4, 0.5) is 0 Å². The Morgan fingerprint density at radius 3 is 2.41 bits per heavy atom. The van der Waals surface area contributed by atoms with Crippen LogP contribution in [0, 0.1) is 5.92 Å². The van der Waals surface area contributed by atoms with Gasteiger partial charge in [0.1, 0.15) is 11.9 Å².